The van der Waals surface area contributed by atoms with E-state index in [1.807, 2.05) is 18.7 Å². The van der Waals surface area contributed by atoms with Gasteiger partial charge in [-0.15, -0.1) is 0 Å². The Hall–Kier alpha value is -2.53. The van der Waals surface area contributed by atoms with E-state index in [-0.39, 0.29) is 11.5 Å². The summed E-state index contributed by atoms with van der Waals surface area (Å²) < 4.78 is 0. The lowest BCUT2D eigenvalue weighted by atomic mass is 10.1. The van der Waals surface area contributed by atoms with Crippen molar-refractivity contribution < 1.29 is 14.7 Å². The van der Waals surface area contributed by atoms with Crippen LogP contribution in [-0.4, -0.2) is 30.1 Å². The first-order valence-electron chi connectivity index (χ1n) is 7.66. The number of carboxylic acid groups (broad SMARTS) is 1. The molecule has 0 fully saturated rings. The molecule has 0 unspecified atom stereocenters. The zero-order valence-electron chi connectivity index (χ0n) is 13.5. The number of carbonyl (C=O) groups is 2. The van der Waals surface area contributed by atoms with Gasteiger partial charge in [0.2, 0.25) is 0 Å². The maximum atomic E-state index is 12.5. The number of rotatable bonds is 6. The average molecular weight is 347 g/mol. The van der Waals surface area contributed by atoms with Gasteiger partial charge in [0.15, 0.2) is 0 Å². The van der Waals surface area contributed by atoms with E-state index in [2.05, 4.69) is 5.32 Å². The Kier molecular flexibility index (Phi) is 5.82. The number of benzene rings is 2. The molecule has 0 aliphatic rings. The monoisotopic (exact) mass is 346 g/mol. The predicted molar refractivity (Wildman–Crippen MR) is 96.4 cm³/mol. The summed E-state index contributed by atoms with van der Waals surface area (Å²) in [5.74, 6) is -1.43. The summed E-state index contributed by atoms with van der Waals surface area (Å²) in [5.41, 5.74) is 1.67. The number of hydrogen-bond donors (Lipinski definition) is 2. The van der Waals surface area contributed by atoms with Crippen molar-refractivity contribution in [3.8, 4) is 0 Å². The van der Waals surface area contributed by atoms with E-state index >= 15 is 0 Å². The zero-order valence-corrected chi connectivity index (χ0v) is 14.3. The number of halogens is 1. The number of carboxylic acids is 1. The Morgan fingerprint density at radius 2 is 1.79 bits per heavy atom. The van der Waals surface area contributed by atoms with Gasteiger partial charge in [0.05, 0.1) is 27.5 Å². The van der Waals surface area contributed by atoms with Crippen molar-refractivity contribution in [2.45, 2.75) is 13.8 Å². The third kappa shape index (κ3) is 3.86. The first kappa shape index (κ1) is 17.8. The van der Waals surface area contributed by atoms with Crippen LogP contribution in [0.15, 0.2) is 42.5 Å². The van der Waals surface area contributed by atoms with Crippen LogP contribution in [0.1, 0.15) is 34.6 Å². The molecule has 2 rings (SSSR count). The minimum absolute atomic E-state index is 0.111. The van der Waals surface area contributed by atoms with Gasteiger partial charge in [0.1, 0.15) is 0 Å². The fourth-order valence-corrected chi connectivity index (χ4v) is 2.67. The summed E-state index contributed by atoms with van der Waals surface area (Å²) >= 11 is 6.06. The van der Waals surface area contributed by atoms with Gasteiger partial charge in [-0.05, 0) is 44.2 Å². The second-order valence-electron chi connectivity index (χ2n) is 5.14. The van der Waals surface area contributed by atoms with Gasteiger partial charge in [-0.1, -0.05) is 23.7 Å². The molecule has 126 valence electrons. The lowest BCUT2D eigenvalue weighted by Gasteiger charge is -2.24. The fourth-order valence-electron chi connectivity index (χ4n) is 2.44. The van der Waals surface area contributed by atoms with E-state index in [1.54, 1.807) is 30.3 Å². The van der Waals surface area contributed by atoms with Gasteiger partial charge >= 0.3 is 5.97 Å². The first-order valence-corrected chi connectivity index (χ1v) is 8.03. The van der Waals surface area contributed by atoms with Crippen LogP contribution in [0.25, 0.3) is 0 Å². The van der Waals surface area contributed by atoms with Gasteiger partial charge in [0, 0.05) is 13.1 Å². The number of hydrogen-bond acceptors (Lipinski definition) is 3. The van der Waals surface area contributed by atoms with Crippen molar-refractivity contribution in [2.24, 2.45) is 0 Å². The van der Waals surface area contributed by atoms with Crippen LogP contribution in [0.3, 0.4) is 0 Å². The van der Waals surface area contributed by atoms with Crippen LogP contribution >= 0.6 is 11.6 Å². The van der Waals surface area contributed by atoms with E-state index in [1.165, 1.54) is 12.1 Å². The standard InChI is InChI=1S/C18H19ClN2O3/c1-3-21(4-2)16-10-9-12(18(23)24)11-15(16)20-17(22)13-7-5-6-8-14(13)19/h5-11H,3-4H2,1-2H3,(H,20,22)(H,23,24). The summed E-state index contributed by atoms with van der Waals surface area (Å²) in [6.45, 7) is 5.46. The molecule has 0 atom stereocenters. The summed E-state index contributed by atoms with van der Waals surface area (Å²) in [4.78, 5) is 25.8. The van der Waals surface area contributed by atoms with Crippen LogP contribution in [0.5, 0.6) is 0 Å². The Morgan fingerprint density at radius 1 is 1.12 bits per heavy atom. The van der Waals surface area contributed by atoms with Crippen molar-refractivity contribution in [2.75, 3.05) is 23.3 Å². The predicted octanol–water partition coefficient (Wildman–Crippen LogP) is 4.14. The van der Waals surface area contributed by atoms with Crippen molar-refractivity contribution in [3.05, 3.63) is 58.6 Å². The molecule has 0 spiro atoms. The molecule has 0 heterocycles. The number of aromatic carboxylic acids is 1. The number of amides is 1. The molecule has 5 nitrogen and oxygen atoms in total. The second-order valence-corrected chi connectivity index (χ2v) is 5.55. The molecular weight excluding hydrogens is 328 g/mol. The van der Waals surface area contributed by atoms with Gasteiger partial charge in [0.25, 0.3) is 5.91 Å². The highest BCUT2D eigenvalue weighted by Gasteiger charge is 2.16. The summed E-state index contributed by atoms with van der Waals surface area (Å²) in [7, 11) is 0. The molecular formula is C18H19ClN2O3. The lowest BCUT2D eigenvalue weighted by molar-refractivity contribution is 0.0696. The van der Waals surface area contributed by atoms with Crippen LogP contribution in [0.2, 0.25) is 5.02 Å². The highest BCUT2D eigenvalue weighted by molar-refractivity contribution is 6.34. The molecule has 24 heavy (non-hydrogen) atoms. The van der Waals surface area contributed by atoms with Gasteiger partial charge in [-0.3, -0.25) is 4.79 Å². The third-order valence-corrected chi connectivity index (χ3v) is 4.04. The lowest BCUT2D eigenvalue weighted by Crippen LogP contribution is -2.24. The summed E-state index contributed by atoms with van der Waals surface area (Å²) in [5, 5.41) is 12.3. The molecule has 0 aromatic heterocycles. The molecule has 0 bridgehead atoms. The molecule has 2 aromatic rings. The number of anilines is 2. The quantitative estimate of drug-likeness (QED) is 0.824. The van der Waals surface area contributed by atoms with Gasteiger partial charge in [-0.2, -0.15) is 0 Å². The molecule has 0 saturated carbocycles. The van der Waals surface area contributed by atoms with E-state index in [0.717, 1.165) is 18.8 Å². The summed E-state index contributed by atoms with van der Waals surface area (Å²) in [6, 6.07) is 11.4. The van der Waals surface area contributed by atoms with Crippen molar-refractivity contribution in [3.63, 3.8) is 0 Å². The highest BCUT2D eigenvalue weighted by Crippen LogP contribution is 2.28. The zero-order chi connectivity index (χ0) is 17.7. The molecule has 0 aliphatic carbocycles. The molecule has 6 heteroatoms. The van der Waals surface area contributed by atoms with E-state index in [4.69, 9.17) is 11.6 Å². The molecule has 2 N–H and O–H groups in total. The number of nitrogens with zero attached hydrogens (tertiary/aromatic N) is 1. The minimum atomic E-state index is -1.05. The molecule has 0 radical (unpaired) electrons. The normalized spacial score (nSPS) is 10.3. The molecule has 0 aliphatic heterocycles. The van der Waals surface area contributed by atoms with Crippen molar-refractivity contribution in [1.29, 1.82) is 0 Å². The number of nitrogens with one attached hydrogen (secondary N) is 1. The molecule has 0 saturated heterocycles. The van der Waals surface area contributed by atoms with Crippen molar-refractivity contribution >= 4 is 34.9 Å². The first-order chi connectivity index (χ1) is 11.5. The maximum Gasteiger partial charge on any atom is 0.335 e. The highest BCUT2D eigenvalue weighted by atomic mass is 35.5. The topological polar surface area (TPSA) is 69.6 Å². The Labute approximate surface area is 145 Å². The van der Waals surface area contributed by atoms with Gasteiger partial charge in [-0.25, -0.2) is 4.79 Å². The Balaban J connectivity index is 2.42. The Bertz CT molecular complexity index is 758. The minimum Gasteiger partial charge on any atom is -0.478 e. The SMILES string of the molecule is CCN(CC)c1ccc(C(=O)O)cc1NC(=O)c1ccccc1Cl. The second kappa shape index (κ2) is 7.84. The number of carbonyl (C=O) groups excluding carboxylic acids is 1. The largest absolute Gasteiger partial charge is 0.478 e. The van der Waals surface area contributed by atoms with E-state index in [0.29, 0.717) is 16.3 Å². The van der Waals surface area contributed by atoms with Crippen LogP contribution in [-0.2, 0) is 0 Å². The van der Waals surface area contributed by atoms with Crippen molar-refractivity contribution in [1.82, 2.24) is 0 Å². The fraction of sp³-hybridized carbons (Fsp3) is 0.222. The van der Waals surface area contributed by atoms with Crippen LogP contribution in [0, 0.1) is 0 Å². The molecule has 1 amide bonds. The maximum absolute atomic E-state index is 12.5. The third-order valence-electron chi connectivity index (χ3n) is 3.71. The van der Waals surface area contributed by atoms with Crippen LogP contribution in [0.4, 0.5) is 11.4 Å². The Morgan fingerprint density at radius 3 is 2.38 bits per heavy atom. The van der Waals surface area contributed by atoms with Crippen LogP contribution < -0.4 is 10.2 Å². The average Bonchev–Trinajstić information content (AvgIpc) is 2.57. The molecule has 2 aromatic carbocycles. The van der Waals surface area contributed by atoms with E-state index in [9.17, 15) is 14.7 Å². The van der Waals surface area contributed by atoms with Gasteiger partial charge < -0.3 is 15.3 Å². The summed E-state index contributed by atoms with van der Waals surface area (Å²) in [6.07, 6.45) is 0. The van der Waals surface area contributed by atoms with E-state index < -0.39 is 5.97 Å². The smallest absolute Gasteiger partial charge is 0.335 e.